The number of carbonyl (C=O) groups excluding carboxylic acids is 2. The first-order valence-corrected chi connectivity index (χ1v) is 8.89. The Morgan fingerprint density at radius 2 is 1.77 bits per heavy atom. The van der Waals surface area contributed by atoms with E-state index < -0.39 is 11.8 Å². The molecule has 0 bridgehead atoms. The minimum absolute atomic E-state index is 0.0831. The molecule has 138 valence electrons. The zero-order chi connectivity index (χ0) is 19.1. The van der Waals surface area contributed by atoms with E-state index in [0.717, 1.165) is 10.0 Å². The number of aryl methyl sites for hydroxylation is 1. The van der Waals surface area contributed by atoms with Gasteiger partial charge in [0.15, 0.2) is 6.61 Å². The fraction of sp³-hybridized carbons (Fsp3) is 0.263. The standard InChI is InChI=1S/C19H21BrN2O4/c1-12(2)26-17-9-6-14(20)10-16(17)19(24)22-21-18(23)11-25-15-7-4-13(3)5-8-15/h4-10,12H,11H2,1-3H3,(H,21,23)(H,22,24). The zero-order valence-electron chi connectivity index (χ0n) is 14.8. The van der Waals surface area contributed by atoms with E-state index in [4.69, 9.17) is 9.47 Å². The molecule has 0 aliphatic carbocycles. The summed E-state index contributed by atoms with van der Waals surface area (Å²) in [6.07, 6.45) is -0.0831. The number of ether oxygens (including phenoxy) is 2. The highest BCUT2D eigenvalue weighted by Crippen LogP contribution is 2.24. The number of benzene rings is 2. The van der Waals surface area contributed by atoms with Gasteiger partial charge in [0.2, 0.25) is 0 Å². The smallest absolute Gasteiger partial charge is 0.276 e. The topological polar surface area (TPSA) is 76.7 Å². The molecule has 0 spiro atoms. The van der Waals surface area contributed by atoms with Gasteiger partial charge in [0.1, 0.15) is 11.5 Å². The fourth-order valence-corrected chi connectivity index (χ4v) is 2.41. The van der Waals surface area contributed by atoms with Crippen LogP contribution in [0.4, 0.5) is 0 Å². The van der Waals surface area contributed by atoms with Crippen LogP contribution in [0.1, 0.15) is 29.8 Å². The Bertz CT molecular complexity index is 776. The van der Waals surface area contributed by atoms with Gasteiger partial charge in [0, 0.05) is 4.47 Å². The van der Waals surface area contributed by atoms with Crippen LogP contribution in [-0.2, 0) is 4.79 Å². The molecule has 2 aromatic carbocycles. The molecule has 2 N–H and O–H groups in total. The van der Waals surface area contributed by atoms with Crippen molar-refractivity contribution < 1.29 is 19.1 Å². The first-order valence-electron chi connectivity index (χ1n) is 8.10. The molecule has 26 heavy (non-hydrogen) atoms. The Labute approximate surface area is 161 Å². The third-order valence-corrected chi connectivity index (χ3v) is 3.75. The van der Waals surface area contributed by atoms with Crippen molar-refractivity contribution in [1.82, 2.24) is 10.9 Å². The molecule has 0 fully saturated rings. The minimum atomic E-state index is -0.481. The predicted molar refractivity (Wildman–Crippen MR) is 102 cm³/mol. The molecule has 0 saturated heterocycles. The van der Waals surface area contributed by atoms with Gasteiger partial charge in [-0.25, -0.2) is 0 Å². The zero-order valence-corrected chi connectivity index (χ0v) is 16.4. The van der Waals surface area contributed by atoms with Crippen LogP contribution >= 0.6 is 15.9 Å². The lowest BCUT2D eigenvalue weighted by Gasteiger charge is -2.15. The maximum Gasteiger partial charge on any atom is 0.276 e. The molecule has 0 heterocycles. The summed E-state index contributed by atoms with van der Waals surface area (Å²) in [5.74, 6) is 0.0634. The first kappa shape index (κ1) is 19.8. The van der Waals surface area contributed by atoms with Gasteiger partial charge in [0.25, 0.3) is 11.8 Å². The van der Waals surface area contributed by atoms with Crippen molar-refractivity contribution >= 4 is 27.7 Å². The third-order valence-electron chi connectivity index (χ3n) is 3.26. The monoisotopic (exact) mass is 420 g/mol. The van der Waals surface area contributed by atoms with Crippen molar-refractivity contribution in [3.63, 3.8) is 0 Å². The molecule has 0 saturated carbocycles. The van der Waals surface area contributed by atoms with Gasteiger partial charge in [-0.05, 0) is 51.1 Å². The Kier molecular flexibility index (Phi) is 7.03. The maximum absolute atomic E-state index is 12.3. The molecular weight excluding hydrogens is 400 g/mol. The quantitative estimate of drug-likeness (QED) is 0.702. The lowest BCUT2D eigenvalue weighted by molar-refractivity contribution is -0.123. The number of nitrogens with one attached hydrogen (secondary N) is 2. The summed E-state index contributed by atoms with van der Waals surface area (Å²) in [6.45, 7) is 5.49. The van der Waals surface area contributed by atoms with E-state index in [9.17, 15) is 9.59 Å². The summed E-state index contributed by atoms with van der Waals surface area (Å²) in [5, 5.41) is 0. The highest BCUT2D eigenvalue weighted by Gasteiger charge is 2.15. The van der Waals surface area contributed by atoms with E-state index >= 15 is 0 Å². The molecule has 7 heteroatoms. The van der Waals surface area contributed by atoms with Crippen molar-refractivity contribution in [3.05, 3.63) is 58.1 Å². The summed E-state index contributed by atoms with van der Waals surface area (Å²) in [6, 6.07) is 12.4. The summed E-state index contributed by atoms with van der Waals surface area (Å²) >= 11 is 3.32. The fourth-order valence-electron chi connectivity index (χ4n) is 2.05. The van der Waals surface area contributed by atoms with E-state index in [1.807, 2.05) is 32.9 Å². The van der Waals surface area contributed by atoms with Crippen molar-refractivity contribution in [1.29, 1.82) is 0 Å². The second-order valence-electron chi connectivity index (χ2n) is 5.91. The Morgan fingerprint density at radius 1 is 1.08 bits per heavy atom. The second-order valence-corrected chi connectivity index (χ2v) is 6.83. The number of carbonyl (C=O) groups is 2. The number of amides is 2. The van der Waals surface area contributed by atoms with Crippen molar-refractivity contribution in [2.75, 3.05) is 6.61 Å². The summed E-state index contributed by atoms with van der Waals surface area (Å²) in [5.41, 5.74) is 6.11. The predicted octanol–water partition coefficient (Wildman–Crippen LogP) is 3.38. The van der Waals surface area contributed by atoms with Gasteiger partial charge < -0.3 is 9.47 Å². The van der Waals surface area contributed by atoms with Crippen LogP contribution in [0.25, 0.3) is 0 Å². The van der Waals surface area contributed by atoms with E-state index in [1.165, 1.54) is 0 Å². The number of hydrogen-bond donors (Lipinski definition) is 2. The van der Waals surface area contributed by atoms with E-state index in [2.05, 4.69) is 26.8 Å². The lowest BCUT2D eigenvalue weighted by Crippen LogP contribution is -2.44. The maximum atomic E-state index is 12.3. The molecule has 0 atom stereocenters. The molecule has 2 amide bonds. The second kappa shape index (κ2) is 9.24. The van der Waals surface area contributed by atoms with Gasteiger partial charge in [-0.15, -0.1) is 0 Å². The number of hydrogen-bond acceptors (Lipinski definition) is 4. The highest BCUT2D eigenvalue weighted by molar-refractivity contribution is 9.10. The van der Waals surface area contributed by atoms with E-state index in [1.54, 1.807) is 30.3 Å². The van der Waals surface area contributed by atoms with Crippen molar-refractivity contribution in [2.24, 2.45) is 0 Å². The molecule has 6 nitrogen and oxygen atoms in total. The molecule has 0 aliphatic heterocycles. The summed E-state index contributed by atoms with van der Waals surface area (Å²) < 4.78 is 11.7. The molecule has 0 aromatic heterocycles. The highest BCUT2D eigenvalue weighted by atomic mass is 79.9. The Balaban J connectivity index is 1.90. The molecule has 2 rings (SSSR count). The van der Waals surface area contributed by atoms with Crippen LogP contribution in [0.5, 0.6) is 11.5 Å². The van der Waals surface area contributed by atoms with Crippen LogP contribution in [0.15, 0.2) is 46.9 Å². The van der Waals surface area contributed by atoms with Gasteiger partial charge in [-0.2, -0.15) is 0 Å². The van der Waals surface area contributed by atoms with Crippen LogP contribution in [0.3, 0.4) is 0 Å². The number of halogens is 1. The Hall–Kier alpha value is -2.54. The van der Waals surface area contributed by atoms with Crippen LogP contribution < -0.4 is 20.3 Å². The van der Waals surface area contributed by atoms with Gasteiger partial charge in [-0.3, -0.25) is 20.4 Å². The molecular formula is C19H21BrN2O4. The summed E-state index contributed by atoms with van der Waals surface area (Å²) in [7, 11) is 0. The average Bonchev–Trinajstić information content (AvgIpc) is 2.60. The molecule has 0 aliphatic rings. The normalized spacial score (nSPS) is 10.3. The molecule has 2 aromatic rings. The lowest BCUT2D eigenvalue weighted by atomic mass is 10.2. The average molecular weight is 421 g/mol. The van der Waals surface area contributed by atoms with Crippen molar-refractivity contribution in [2.45, 2.75) is 26.9 Å². The van der Waals surface area contributed by atoms with Crippen LogP contribution in [0.2, 0.25) is 0 Å². The minimum Gasteiger partial charge on any atom is -0.490 e. The number of hydrazine groups is 1. The van der Waals surface area contributed by atoms with Crippen molar-refractivity contribution in [3.8, 4) is 11.5 Å². The molecule has 0 unspecified atom stereocenters. The van der Waals surface area contributed by atoms with E-state index in [-0.39, 0.29) is 12.7 Å². The van der Waals surface area contributed by atoms with Crippen LogP contribution in [-0.4, -0.2) is 24.5 Å². The van der Waals surface area contributed by atoms with E-state index in [0.29, 0.717) is 17.1 Å². The largest absolute Gasteiger partial charge is 0.490 e. The van der Waals surface area contributed by atoms with Gasteiger partial charge in [-0.1, -0.05) is 33.6 Å². The SMILES string of the molecule is Cc1ccc(OCC(=O)NNC(=O)c2cc(Br)ccc2OC(C)C)cc1. The van der Waals surface area contributed by atoms with Gasteiger partial charge in [0.05, 0.1) is 11.7 Å². The Morgan fingerprint density at radius 3 is 2.42 bits per heavy atom. The summed E-state index contributed by atoms with van der Waals surface area (Å²) in [4.78, 5) is 24.2. The van der Waals surface area contributed by atoms with Crippen LogP contribution in [0, 0.1) is 6.92 Å². The number of rotatable bonds is 6. The van der Waals surface area contributed by atoms with Gasteiger partial charge >= 0.3 is 0 Å². The first-order chi connectivity index (χ1) is 12.3. The molecule has 0 radical (unpaired) electrons. The third kappa shape index (κ3) is 6.07.